The topological polar surface area (TPSA) is 125 Å². The Morgan fingerprint density at radius 2 is 1.80 bits per heavy atom. The Morgan fingerprint density at radius 1 is 1.10 bits per heavy atom. The quantitative estimate of drug-likeness (QED) is 0.207. The number of ether oxygens (including phenoxy) is 2. The molecule has 0 aliphatic heterocycles. The number of hydrogen-bond acceptors (Lipinski definition) is 7. The summed E-state index contributed by atoms with van der Waals surface area (Å²) < 4.78 is 10.4. The second-order valence-corrected chi connectivity index (χ2v) is 6.47. The summed E-state index contributed by atoms with van der Waals surface area (Å²) >= 11 is 0. The van der Waals surface area contributed by atoms with Gasteiger partial charge in [-0.3, -0.25) is 24.5 Å². The molecule has 2 rings (SSSR count). The highest BCUT2D eigenvalue weighted by Crippen LogP contribution is 2.27. The first-order chi connectivity index (χ1) is 14.3. The third-order valence-corrected chi connectivity index (χ3v) is 4.13. The van der Waals surface area contributed by atoms with E-state index in [0.29, 0.717) is 23.3 Å². The van der Waals surface area contributed by atoms with E-state index in [1.54, 1.807) is 37.3 Å². The van der Waals surface area contributed by atoms with E-state index in [4.69, 9.17) is 9.47 Å². The number of carbonyl (C=O) groups excluding carboxylic acids is 3. The molecule has 0 saturated carbocycles. The summed E-state index contributed by atoms with van der Waals surface area (Å²) in [5, 5.41) is 13.5. The maximum atomic E-state index is 12.0. The normalized spacial score (nSPS) is 10.2. The highest BCUT2D eigenvalue weighted by Gasteiger charge is 2.18. The van der Waals surface area contributed by atoms with Gasteiger partial charge in [-0.15, -0.1) is 0 Å². The Hall–Kier alpha value is -3.75. The summed E-state index contributed by atoms with van der Waals surface area (Å²) in [5.74, 6) is -0.708. The third-order valence-electron chi connectivity index (χ3n) is 4.13. The summed E-state index contributed by atoms with van der Waals surface area (Å²) in [7, 11) is 0. The fraction of sp³-hybridized carbons (Fsp3) is 0.286. The molecule has 2 aromatic carbocycles. The summed E-state index contributed by atoms with van der Waals surface area (Å²) in [4.78, 5) is 45.4. The smallest absolute Gasteiger partial charge is 0.306 e. The first-order valence-corrected chi connectivity index (χ1v) is 9.21. The van der Waals surface area contributed by atoms with Gasteiger partial charge in [0.15, 0.2) is 12.4 Å². The molecule has 2 aromatic rings. The van der Waals surface area contributed by atoms with E-state index in [1.807, 2.05) is 0 Å². The lowest BCUT2D eigenvalue weighted by Gasteiger charge is -2.10. The lowest BCUT2D eigenvalue weighted by Crippen LogP contribution is -2.22. The molecule has 0 aromatic heterocycles. The highest BCUT2D eigenvalue weighted by molar-refractivity contribution is 5.95. The Kier molecular flexibility index (Phi) is 8.04. The minimum atomic E-state index is -0.664. The number of aryl methyl sites for hydroxylation is 1. The van der Waals surface area contributed by atoms with Crippen molar-refractivity contribution >= 4 is 29.0 Å². The lowest BCUT2D eigenvalue weighted by molar-refractivity contribution is -0.384. The number of rotatable bonds is 10. The van der Waals surface area contributed by atoms with E-state index in [1.165, 1.54) is 19.1 Å². The molecule has 9 nitrogen and oxygen atoms in total. The maximum absolute atomic E-state index is 12.0. The van der Waals surface area contributed by atoms with Crippen LogP contribution in [0.2, 0.25) is 0 Å². The monoisotopic (exact) mass is 414 g/mol. The Morgan fingerprint density at radius 3 is 2.43 bits per heavy atom. The van der Waals surface area contributed by atoms with Crippen LogP contribution in [0, 0.1) is 17.0 Å². The van der Waals surface area contributed by atoms with Crippen molar-refractivity contribution in [2.24, 2.45) is 0 Å². The molecular formula is C21H22N2O7. The number of nitrogens with one attached hydrogen (secondary N) is 1. The number of para-hydroxylation sites is 1. The minimum absolute atomic E-state index is 0.0367. The van der Waals surface area contributed by atoms with E-state index in [2.05, 4.69) is 5.32 Å². The molecule has 0 bridgehead atoms. The van der Waals surface area contributed by atoms with Gasteiger partial charge in [-0.05, 0) is 50.1 Å². The van der Waals surface area contributed by atoms with Gasteiger partial charge in [0.25, 0.3) is 11.6 Å². The molecule has 0 aliphatic rings. The van der Waals surface area contributed by atoms with E-state index in [0.717, 1.165) is 0 Å². The fourth-order valence-corrected chi connectivity index (χ4v) is 2.55. The molecule has 0 heterocycles. The number of anilines is 1. The van der Waals surface area contributed by atoms with Crippen LogP contribution in [0.5, 0.6) is 5.75 Å². The fourth-order valence-electron chi connectivity index (χ4n) is 2.55. The van der Waals surface area contributed by atoms with Crippen LogP contribution in [0.4, 0.5) is 11.4 Å². The van der Waals surface area contributed by atoms with Crippen molar-refractivity contribution in [3.8, 4) is 5.75 Å². The van der Waals surface area contributed by atoms with Gasteiger partial charge in [0.05, 0.1) is 11.5 Å². The number of carbonyl (C=O) groups is 3. The van der Waals surface area contributed by atoms with E-state index >= 15 is 0 Å². The van der Waals surface area contributed by atoms with Crippen molar-refractivity contribution in [3.05, 3.63) is 63.7 Å². The Balaban J connectivity index is 1.71. The van der Waals surface area contributed by atoms with Gasteiger partial charge in [0.1, 0.15) is 11.4 Å². The van der Waals surface area contributed by atoms with Crippen molar-refractivity contribution < 1.29 is 28.8 Å². The van der Waals surface area contributed by atoms with Gasteiger partial charge in [0, 0.05) is 18.1 Å². The number of ketones is 1. The number of Topliss-reactive ketones (excluding diaryl/α,β-unsaturated/α-hetero) is 1. The standard InChI is InChI=1S/C21H22N2O7/c1-14-5-3-6-18(23(27)28)21(14)22-19(25)13-30-20(26)7-4-12-29-17-10-8-16(9-11-17)15(2)24/h3,5-6,8-11H,4,7,12-13H2,1-2H3,(H,22,25). The van der Waals surface area contributed by atoms with Crippen LogP contribution in [0.1, 0.15) is 35.7 Å². The molecule has 0 aliphatic carbocycles. The largest absolute Gasteiger partial charge is 0.494 e. The number of nitrogens with zero attached hydrogens (tertiary/aromatic N) is 1. The number of amides is 1. The van der Waals surface area contributed by atoms with Gasteiger partial charge in [-0.1, -0.05) is 12.1 Å². The van der Waals surface area contributed by atoms with Crippen LogP contribution >= 0.6 is 0 Å². The number of nitro groups is 1. The number of esters is 1. The van der Waals surface area contributed by atoms with Crippen LogP contribution < -0.4 is 10.1 Å². The molecule has 30 heavy (non-hydrogen) atoms. The number of nitro benzene ring substituents is 1. The second-order valence-electron chi connectivity index (χ2n) is 6.47. The van der Waals surface area contributed by atoms with Crippen LogP contribution in [0.3, 0.4) is 0 Å². The Labute approximate surface area is 173 Å². The van der Waals surface area contributed by atoms with Gasteiger partial charge in [-0.25, -0.2) is 0 Å². The Bertz CT molecular complexity index is 939. The summed E-state index contributed by atoms with van der Waals surface area (Å²) in [6, 6.07) is 11.1. The van der Waals surface area contributed by atoms with Gasteiger partial charge in [-0.2, -0.15) is 0 Å². The zero-order chi connectivity index (χ0) is 22.1. The van der Waals surface area contributed by atoms with Crippen molar-refractivity contribution in [3.63, 3.8) is 0 Å². The molecule has 1 N–H and O–H groups in total. The molecule has 0 saturated heterocycles. The average Bonchev–Trinajstić information content (AvgIpc) is 2.71. The first-order valence-electron chi connectivity index (χ1n) is 9.21. The average molecular weight is 414 g/mol. The van der Waals surface area contributed by atoms with Crippen molar-refractivity contribution in [1.29, 1.82) is 0 Å². The van der Waals surface area contributed by atoms with Crippen LogP contribution in [0.15, 0.2) is 42.5 Å². The summed E-state index contributed by atoms with van der Waals surface area (Å²) in [5.41, 5.74) is 0.952. The maximum Gasteiger partial charge on any atom is 0.306 e. The zero-order valence-electron chi connectivity index (χ0n) is 16.7. The highest BCUT2D eigenvalue weighted by atomic mass is 16.6. The van der Waals surface area contributed by atoms with Crippen LogP contribution in [-0.4, -0.2) is 35.8 Å². The molecule has 0 spiro atoms. The number of hydrogen-bond donors (Lipinski definition) is 1. The number of benzene rings is 2. The van der Waals surface area contributed by atoms with Gasteiger partial charge in [0.2, 0.25) is 0 Å². The molecular weight excluding hydrogens is 392 g/mol. The third kappa shape index (κ3) is 6.69. The zero-order valence-corrected chi connectivity index (χ0v) is 16.7. The predicted octanol–water partition coefficient (Wildman–Crippen LogP) is 3.45. The molecule has 0 atom stereocenters. The lowest BCUT2D eigenvalue weighted by atomic mass is 10.1. The van der Waals surface area contributed by atoms with Gasteiger partial charge < -0.3 is 14.8 Å². The second kappa shape index (κ2) is 10.7. The van der Waals surface area contributed by atoms with E-state index in [-0.39, 0.29) is 30.2 Å². The molecule has 9 heteroatoms. The van der Waals surface area contributed by atoms with E-state index < -0.39 is 23.4 Å². The SMILES string of the molecule is CC(=O)c1ccc(OCCCC(=O)OCC(=O)Nc2c(C)cccc2[N+](=O)[O-])cc1. The van der Waals surface area contributed by atoms with E-state index in [9.17, 15) is 24.5 Å². The summed E-state index contributed by atoms with van der Waals surface area (Å²) in [6.45, 7) is 2.82. The van der Waals surface area contributed by atoms with Gasteiger partial charge >= 0.3 is 5.97 Å². The molecule has 0 radical (unpaired) electrons. The van der Waals surface area contributed by atoms with Crippen LogP contribution in [-0.2, 0) is 14.3 Å². The van der Waals surface area contributed by atoms with Crippen LogP contribution in [0.25, 0.3) is 0 Å². The van der Waals surface area contributed by atoms with Crippen molar-refractivity contribution in [2.75, 3.05) is 18.5 Å². The van der Waals surface area contributed by atoms with Crippen molar-refractivity contribution in [2.45, 2.75) is 26.7 Å². The summed E-state index contributed by atoms with van der Waals surface area (Å²) in [6.07, 6.45) is 0.418. The molecule has 158 valence electrons. The molecule has 0 unspecified atom stereocenters. The first kappa shape index (κ1) is 22.5. The minimum Gasteiger partial charge on any atom is -0.494 e. The van der Waals surface area contributed by atoms with Crippen molar-refractivity contribution in [1.82, 2.24) is 0 Å². The molecule has 1 amide bonds. The predicted molar refractivity (Wildman–Crippen MR) is 109 cm³/mol. The molecule has 0 fully saturated rings.